The molecule has 29 heavy (non-hydrogen) atoms. The van der Waals surface area contributed by atoms with Gasteiger partial charge in [-0.1, -0.05) is 78.9 Å². The van der Waals surface area contributed by atoms with Crippen LogP contribution in [-0.2, 0) is 9.59 Å². The van der Waals surface area contributed by atoms with E-state index in [1.165, 1.54) is 0 Å². The summed E-state index contributed by atoms with van der Waals surface area (Å²) in [5.74, 6) is -0.314. The van der Waals surface area contributed by atoms with Gasteiger partial charge in [-0.2, -0.15) is 0 Å². The molecule has 1 N–H and O–H groups in total. The van der Waals surface area contributed by atoms with Crippen LogP contribution in [0.5, 0.6) is 0 Å². The number of hydrogen-bond donors (Lipinski definition) is 1. The highest BCUT2D eigenvalue weighted by molar-refractivity contribution is 6.00. The van der Waals surface area contributed by atoms with Crippen LogP contribution in [0.25, 0.3) is 0 Å². The smallest absolute Gasteiger partial charge is 0.227 e. The monoisotopic (exact) mass is 384 g/mol. The minimum atomic E-state index is -0.324. The Morgan fingerprint density at radius 1 is 0.862 bits per heavy atom. The average Bonchev–Trinajstić information content (AvgIpc) is 3.18. The molecule has 1 aliphatic rings. The van der Waals surface area contributed by atoms with E-state index in [-0.39, 0.29) is 30.1 Å². The Kier molecular flexibility index (Phi) is 5.71. The number of nitrogens with one attached hydrogen (secondary N) is 1. The van der Waals surface area contributed by atoms with Gasteiger partial charge in [0, 0.05) is 31.1 Å². The largest absolute Gasteiger partial charge is 0.355 e. The van der Waals surface area contributed by atoms with Crippen molar-refractivity contribution in [2.24, 2.45) is 5.92 Å². The van der Waals surface area contributed by atoms with Gasteiger partial charge in [0.25, 0.3) is 0 Å². The molecule has 0 radical (unpaired) electrons. The van der Waals surface area contributed by atoms with Crippen LogP contribution in [0.3, 0.4) is 0 Å². The van der Waals surface area contributed by atoms with Gasteiger partial charge in [0.1, 0.15) is 0 Å². The third kappa shape index (κ3) is 4.37. The summed E-state index contributed by atoms with van der Waals surface area (Å²) in [6.07, 6.45) is 0.252. The minimum absolute atomic E-state index is 0.000909. The number of anilines is 1. The van der Waals surface area contributed by atoms with E-state index in [1.54, 1.807) is 4.90 Å². The van der Waals surface area contributed by atoms with Crippen LogP contribution in [0.1, 0.15) is 23.5 Å². The zero-order valence-electron chi connectivity index (χ0n) is 16.2. The number of hydrogen-bond acceptors (Lipinski definition) is 2. The van der Waals surface area contributed by atoms with Crippen molar-refractivity contribution >= 4 is 17.5 Å². The van der Waals surface area contributed by atoms with Gasteiger partial charge in [-0.05, 0) is 23.3 Å². The van der Waals surface area contributed by atoms with E-state index >= 15 is 0 Å². The van der Waals surface area contributed by atoms with Gasteiger partial charge >= 0.3 is 0 Å². The number of nitrogens with zero attached hydrogens (tertiary/aromatic N) is 1. The molecule has 0 unspecified atom stereocenters. The minimum Gasteiger partial charge on any atom is -0.355 e. The van der Waals surface area contributed by atoms with Crippen LogP contribution >= 0.6 is 0 Å². The Balaban J connectivity index is 1.44. The van der Waals surface area contributed by atoms with Gasteiger partial charge in [0.05, 0.1) is 5.92 Å². The van der Waals surface area contributed by atoms with E-state index < -0.39 is 0 Å². The fraction of sp³-hybridized carbons (Fsp3) is 0.200. The first-order valence-corrected chi connectivity index (χ1v) is 9.95. The van der Waals surface area contributed by atoms with Gasteiger partial charge < -0.3 is 10.2 Å². The fourth-order valence-corrected chi connectivity index (χ4v) is 3.89. The van der Waals surface area contributed by atoms with Crippen molar-refractivity contribution in [3.05, 3.63) is 102 Å². The third-order valence-electron chi connectivity index (χ3n) is 5.45. The molecule has 2 amide bonds. The highest BCUT2D eigenvalue weighted by atomic mass is 16.2. The fourth-order valence-electron chi connectivity index (χ4n) is 3.89. The number of amides is 2. The number of carbonyl (C=O) groups excluding carboxylic acids is 2. The lowest BCUT2D eigenvalue weighted by molar-refractivity contribution is -0.126. The molecule has 4 heteroatoms. The number of para-hydroxylation sites is 1. The second-order valence-corrected chi connectivity index (χ2v) is 7.36. The van der Waals surface area contributed by atoms with E-state index in [1.807, 2.05) is 66.7 Å². The Bertz CT molecular complexity index is 918. The van der Waals surface area contributed by atoms with Crippen LogP contribution in [0.15, 0.2) is 91.0 Å². The molecule has 1 atom stereocenters. The van der Waals surface area contributed by atoms with E-state index in [0.29, 0.717) is 13.1 Å². The van der Waals surface area contributed by atoms with Crippen LogP contribution in [0.4, 0.5) is 5.69 Å². The molecule has 1 saturated heterocycles. The van der Waals surface area contributed by atoms with Crippen molar-refractivity contribution in [2.45, 2.75) is 12.3 Å². The second kappa shape index (κ2) is 8.74. The second-order valence-electron chi connectivity index (χ2n) is 7.36. The predicted octanol–water partition coefficient (Wildman–Crippen LogP) is 3.99. The van der Waals surface area contributed by atoms with Crippen LogP contribution in [-0.4, -0.2) is 24.9 Å². The Labute approximate surface area is 171 Å². The van der Waals surface area contributed by atoms with Crippen LogP contribution < -0.4 is 10.2 Å². The van der Waals surface area contributed by atoms with Crippen LogP contribution in [0.2, 0.25) is 0 Å². The topological polar surface area (TPSA) is 49.4 Å². The standard InChI is InChI=1S/C25H24N2O2/c28-24-16-21(18-27(24)22-14-8-3-9-15-22)25(29)26-17-23(19-10-4-1-5-11-19)20-12-6-2-7-13-20/h1-15,21,23H,16-18H2,(H,26,29)/t21-/m1/s1. The maximum Gasteiger partial charge on any atom is 0.227 e. The summed E-state index contributed by atoms with van der Waals surface area (Å²) in [5, 5.41) is 3.10. The Morgan fingerprint density at radius 3 is 1.93 bits per heavy atom. The molecule has 1 aliphatic heterocycles. The van der Waals surface area contributed by atoms with Crippen molar-refractivity contribution in [3.63, 3.8) is 0 Å². The molecule has 4 rings (SSSR count). The average molecular weight is 384 g/mol. The molecule has 3 aromatic rings. The molecule has 0 spiro atoms. The molecule has 4 nitrogen and oxygen atoms in total. The zero-order valence-corrected chi connectivity index (χ0v) is 16.2. The molecule has 0 aromatic heterocycles. The molecule has 1 fully saturated rings. The normalized spacial score (nSPS) is 16.2. The number of rotatable bonds is 6. The highest BCUT2D eigenvalue weighted by Crippen LogP contribution is 2.26. The zero-order chi connectivity index (χ0) is 20.1. The van der Waals surface area contributed by atoms with Crippen LogP contribution in [0, 0.1) is 5.92 Å². The summed E-state index contributed by atoms with van der Waals surface area (Å²) in [6.45, 7) is 0.929. The predicted molar refractivity (Wildman–Crippen MR) is 115 cm³/mol. The molecule has 0 bridgehead atoms. The Morgan fingerprint density at radius 2 is 1.38 bits per heavy atom. The summed E-state index contributed by atoms with van der Waals surface area (Å²) < 4.78 is 0. The molecule has 146 valence electrons. The third-order valence-corrected chi connectivity index (χ3v) is 5.45. The molecule has 3 aromatic carbocycles. The lowest BCUT2D eigenvalue weighted by Gasteiger charge is -2.20. The van der Waals surface area contributed by atoms with Crippen molar-refractivity contribution in [1.82, 2.24) is 5.32 Å². The lowest BCUT2D eigenvalue weighted by Crippen LogP contribution is -2.35. The van der Waals surface area contributed by atoms with Gasteiger partial charge in [-0.3, -0.25) is 9.59 Å². The summed E-state index contributed by atoms with van der Waals surface area (Å²) >= 11 is 0. The van der Waals surface area contributed by atoms with Gasteiger partial charge in [-0.25, -0.2) is 0 Å². The first-order valence-electron chi connectivity index (χ1n) is 9.95. The van der Waals surface area contributed by atoms with E-state index in [2.05, 4.69) is 29.6 Å². The maximum atomic E-state index is 12.8. The summed E-state index contributed by atoms with van der Waals surface area (Å²) in [6, 6.07) is 29.9. The summed E-state index contributed by atoms with van der Waals surface area (Å²) in [7, 11) is 0. The van der Waals surface area contributed by atoms with Gasteiger partial charge in [0.15, 0.2) is 0 Å². The van der Waals surface area contributed by atoms with Crippen molar-refractivity contribution in [3.8, 4) is 0 Å². The maximum absolute atomic E-state index is 12.8. The SMILES string of the molecule is O=C(NCC(c1ccccc1)c1ccccc1)[C@@H]1CC(=O)N(c2ccccc2)C1. The highest BCUT2D eigenvalue weighted by Gasteiger charge is 2.35. The first kappa shape index (κ1) is 18.9. The van der Waals surface area contributed by atoms with E-state index in [0.717, 1.165) is 16.8 Å². The van der Waals surface area contributed by atoms with Gasteiger partial charge in [0.2, 0.25) is 11.8 Å². The number of carbonyl (C=O) groups is 2. The molecular formula is C25H24N2O2. The lowest BCUT2D eigenvalue weighted by atomic mass is 9.91. The summed E-state index contributed by atoms with van der Waals surface area (Å²) in [4.78, 5) is 27.0. The van der Waals surface area contributed by atoms with E-state index in [9.17, 15) is 9.59 Å². The summed E-state index contributed by atoms with van der Waals surface area (Å²) in [5.41, 5.74) is 3.17. The van der Waals surface area contributed by atoms with Gasteiger partial charge in [-0.15, -0.1) is 0 Å². The molecular weight excluding hydrogens is 360 g/mol. The Hall–Kier alpha value is -3.40. The molecule has 0 saturated carbocycles. The van der Waals surface area contributed by atoms with E-state index in [4.69, 9.17) is 0 Å². The van der Waals surface area contributed by atoms with Crippen molar-refractivity contribution < 1.29 is 9.59 Å². The van der Waals surface area contributed by atoms with Crippen molar-refractivity contribution in [1.29, 1.82) is 0 Å². The number of benzene rings is 3. The molecule has 0 aliphatic carbocycles. The molecule has 1 heterocycles. The first-order chi connectivity index (χ1) is 14.2. The van der Waals surface area contributed by atoms with Crippen molar-refractivity contribution in [2.75, 3.05) is 18.0 Å². The quantitative estimate of drug-likeness (QED) is 0.699.